The topological polar surface area (TPSA) is 42.7 Å². The normalized spacial score (nSPS) is 10.6. The minimum Gasteiger partial charge on any atom is -0.378 e. The number of hydrogen-bond acceptors (Lipinski definition) is 3. The summed E-state index contributed by atoms with van der Waals surface area (Å²) in [5.41, 5.74) is 1.85. The highest BCUT2D eigenvalue weighted by molar-refractivity contribution is 6.35. The van der Waals surface area contributed by atoms with Crippen molar-refractivity contribution in [3.8, 4) is 5.82 Å². The monoisotopic (exact) mass is 318 g/mol. The maximum atomic E-state index is 6.18. The van der Waals surface area contributed by atoms with Crippen molar-refractivity contribution in [1.29, 1.82) is 0 Å². The van der Waals surface area contributed by atoms with Crippen molar-refractivity contribution in [3.05, 3.63) is 70.6 Å². The molecule has 0 aliphatic rings. The summed E-state index contributed by atoms with van der Waals surface area (Å²) in [6.07, 6.45) is 5.30. The lowest BCUT2D eigenvalue weighted by Crippen LogP contribution is -2.06. The fraction of sp³-hybridized carbons (Fsp3) is 0.0667. The van der Waals surface area contributed by atoms with Crippen LogP contribution in [0.1, 0.15) is 5.56 Å². The molecule has 21 heavy (non-hydrogen) atoms. The van der Waals surface area contributed by atoms with Crippen molar-refractivity contribution >= 4 is 28.9 Å². The summed E-state index contributed by atoms with van der Waals surface area (Å²) in [5.74, 6) is 0.743. The van der Waals surface area contributed by atoms with Gasteiger partial charge >= 0.3 is 0 Å². The Morgan fingerprint density at radius 2 is 2.00 bits per heavy atom. The van der Waals surface area contributed by atoms with Crippen LogP contribution in [0.2, 0.25) is 10.0 Å². The van der Waals surface area contributed by atoms with E-state index in [0.29, 0.717) is 16.6 Å². The van der Waals surface area contributed by atoms with Gasteiger partial charge in [-0.3, -0.25) is 0 Å². The Morgan fingerprint density at radius 3 is 2.76 bits per heavy atom. The molecule has 0 spiro atoms. The number of rotatable bonds is 4. The summed E-state index contributed by atoms with van der Waals surface area (Å²) in [6, 6.07) is 11.1. The van der Waals surface area contributed by atoms with Gasteiger partial charge in [0.1, 0.15) is 0 Å². The second kappa shape index (κ2) is 6.16. The lowest BCUT2D eigenvalue weighted by Gasteiger charge is -2.12. The first-order valence-electron chi connectivity index (χ1n) is 6.37. The van der Waals surface area contributed by atoms with Crippen LogP contribution in [0.25, 0.3) is 5.82 Å². The summed E-state index contributed by atoms with van der Waals surface area (Å²) in [5, 5.41) is 8.79. The van der Waals surface area contributed by atoms with Crippen molar-refractivity contribution < 1.29 is 0 Å². The maximum Gasteiger partial charge on any atom is 0.176 e. The van der Waals surface area contributed by atoms with Gasteiger partial charge in [0, 0.05) is 35.2 Å². The molecule has 0 aliphatic carbocycles. The molecule has 0 atom stereocenters. The molecule has 0 fully saturated rings. The van der Waals surface area contributed by atoms with Gasteiger partial charge in [-0.2, -0.15) is 5.10 Å². The van der Waals surface area contributed by atoms with E-state index in [1.54, 1.807) is 23.1 Å². The van der Waals surface area contributed by atoms with Crippen LogP contribution >= 0.6 is 23.2 Å². The third kappa shape index (κ3) is 3.17. The lowest BCUT2D eigenvalue weighted by molar-refractivity contribution is 0.846. The molecule has 3 aromatic rings. The first-order valence-corrected chi connectivity index (χ1v) is 7.12. The third-order valence-corrected chi connectivity index (χ3v) is 3.58. The van der Waals surface area contributed by atoms with Gasteiger partial charge in [-0.05, 0) is 35.9 Å². The van der Waals surface area contributed by atoms with E-state index in [-0.39, 0.29) is 0 Å². The Bertz CT molecular complexity index is 741. The molecule has 3 rings (SSSR count). The van der Waals surface area contributed by atoms with E-state index >= 15 is 0 Å². The number of aromatic nitrogens is 3. The number of anilines is 1. The molecule has 0 bridgehead atoms. The molecule has 0 amide bonds. The van der Waals surface area contributed by atoms with Crippen molar-refractivity contribution in [3.63, 3.8) is 0 Å². The average Bonchev–Trinajstić information content (AvgIpc) is 3.01. The van der Waals surface area contributed by atoms with Gasteiger partial charge in [-0.15, -0.1) is 0 Å². The van der Waals surface area contributed by atoms with Crippen molar-refractivity contribution in [2.75, 3.05) is 5.32 Å². The van der Waals surface area contributed by atoms with Crippen LogP contribution in [-0.2, 0) is 6.54 Å². The standard InChI is InChI=1S/C15H12Cl2N4/c16-12-5-4-11(13(17)9-12)10-19-14-3-1-6-18-15(14)21-8-2-7-20-21/h1-9,19H,10H2. The van der Waals surface area contributed by atoms with Crippen LogP contribution in [0.5, 0.6) is 0 Å². The summed E-state index contributed by atoms with van der Waals surface area (Å²) in [4.78, 5) is 4.35. The Labute approximate surface area is 132 Å². The van der Waals surface area contributed by atoms with Gasteiger partial charge in [-0.1, -0.05) is 29.3 Å². The van der Waals surface area contributed by atoms with E-state index in [1.807, 2.05) is 36.5 Å². The van der Waals surface area contributed by atoms with Gasteiger partial charge in [0.25, 0.3) is 0 Å². The first kappa shape index (κ1) is 13.9. The highest BCUT2D eigenvalue weighted by Gasteiger charge is 2.07. The van der Waals surface area contributed by atoms with E-state index in [2.05, 4.69) is 15.4 Å². The predicted molar refractivity (Wildman–Crippen MR) is 85.1 cm³/mol. The molecule has 2 aromatic heterocycles. The molecule has 2 heterocycles. The quantitative estimate of drug-likeness (QED) is 0.784. The molecule has 6 heteroatoms. The first-order chi connectivity index (χ1) is 10.2. The molecule has 1 N–H and O–H groups in total. The number of halogens is 2. The molecule has 0 aliphatic heterocycles. The van der Waals surface area contributed by atoms with E-state index < -0.39 is 0 Å². The zero-order valence-electron chi connectivity index (χ0n) is 11.0. The van der Waals surface area contributed by atoms with Crippen LogP contribution in [0.4, 0.5) is 5.69 Å². The molecule has 0 unspecified atom stereocenters. The van der Waals surface area contributed by atoms with Crippen molar-refractivity contribution in [2.45, 2.75) is 6.54 Å². The Balaban J connectivity index is 1.83. The van der Waals surface area contributed by atoms with Crippen LogP contribution < -0.4 is 5.32 Å². The van der Waals surface area contributed by atoms with E-state index in [9.17, 15) is 0 Å². The lowest BCUT2D eigenvalue weighted by atomic mass is 10.2. The molecule has 4 nitrogen and oxygen atoms in total. The molecule has 0 saturated carbocycles. The summed E-state index contributed by atoms with van der Waals surface area (Å²) in [7, 11) is 0. The fourth-order valence-corrected chi connectivity index (χ4v) is 2.44. The fourth-order valence-electron chi connectivity index (χ4n) is 1.97. The van der Waals surface area contributed by atoms with Gasteiger partial charge in [0.2, 0.25) is 0 Å². The van der Waals surface area contributed by atoms with Crippen LogP contribution in [0.15, 0.2) is 55.0 Å². The Hall–Kier alpha value is -2.04. The molecule has 1 aromatic carbocycles. The van der Waals surface area contributed by atoms with Gasteiger partial charge in [0.15, 0.2) is 5.82 Å². The zero-order valence-corrected chi connectivity index (χ0v) is 12.5. The SMILES string of the molecule is Clc1ccc(CNc2cccnc2-n2cccn2)c(Cl)c1. The van der Waals surface area contributed by atoms with E-state index in [1.165, 1.54) is 0 Å². The summed E-state index contributed by atoms with van der Waals surface area (Å²) >= 11 is 12.1. The smallest absolute Gasteiger partial charge is 0.176 e. The number of pyridine rings is 1. The molecule has 106 valence electrons. The Kier molecular flexibility index (Phi) is 4.08. The van der Waals surface area contributed by atoms with Crippen LogP contribution in [0, 0.1) is 0 Å². The summed E-state index contributed by atoms with van der Waals surface area (Å²) in [6.45, 7) is 0.579. The van der Waals surface area contributed by atoms with Gasteiger partial charge in [0.05, 0.1) is 5.69 Å². The molecule has 0 saturated heterocycles. The Morgan fingerprint density at radius 1 is 1.10 bits per heavy atom. The average molecular weight is 319 g/mol. The van der Waals surface area contributed by atoms with Crippen LogP contribution in [0.3, 0.4) is 0 Å². The molecule has 0 radical (unpaired) electrons. The van der Waals surface area contributed by atoms with E-state index in [4.69, 9.17) is 23.2 Å². The zero-order chi connectivity index (χ0) is 14.7. The largest absolute Gasteiger partial charge is 0.378 e. The number of hydrogen-bond donors (Lipinski definition) is 1. The van der Waals surface area contributed by atoms with Crippen LogP contribution in [-0.4, -0.2) is 14.8 Å². The minimum absolute atomic E-state index is 0.579. The highest BCUT2D eigenvalue weighted by Crippen LogP contribution is 2.23. The highest BCUT2D eigenvalue weighted by atomic mass is 35.5. The maximum absolute atomic E-state index is 6.18. The number of nitrogens with zero attached hydrogens (tertiary/aromatic N) is 3. The van der Waals surface area contributed by atoms with Gasteiger partial charge in [-0.25, -0.2) is 9.67 Å². The van der Waals surface area contributed by atoms with Crippen molar-refractivity contribution in [1.82, 2.24) is 14.8 Å². The third-order valence-electron chi connectivity index (χ3n) is 2.99. The number of benzene rings is 1. The predicted octanol–water partition coefficient (Wildman–Crippen LogP) is 4.19. The van der Waals surface area contributed by atoms with Gasteiger partial charge < -0.3 is 5.32 Å². The molecular formula is C15H12Cl2N4. The molecular weight excluding hydrogens is 307 g/mol. The van der Waals surface area contributed by atoms with Crippen molar-refractivity contribution in [2.24, 2.45) is 0 Å². The second-order valence-corrected chi connectivity index (χ2v) is 5.26. The number of nitrogens with one attached hydrogen (secondary N) is 1. The minimum atomic E-state index is 0.579. The van der Waals surface area contributed by atoms with E-state index in [0.717, 1.165) is 17.1 Å². The summed E-state index contributed by atoms with van der Waals surface area (Å²) < 4.78 is 1.71. The second-order valence-electron chi connectivity index (χ2n) is 4.41.